The number of carbonyl (C=O) groups excluding carboxylic acids is 2. The van der Waals surface area contributed by atoms with E-state index in [-0.39, 0.29) is 30.7 Å². The Morgan fingerprint density at radius 1 is 1.08 bits per heavy atom. The third-order valence-corrected chi connectivity index (χ3v) is 7.41. The zero-order chi connectivity index (χ0) is 27.7. The van der Waals surface area contributed by atoms with E-state index in [1.807, 2.05) is 30.3 Å². The Kier molecular flexibility index (Phi) is 7.16. The van der Waals surface area contributed by atoms with Crippen molar-refractivity contribution in [3.8, 4) is 0 Å². The first-order valence-corrected chi connectivity index (χ1v) is 12.7. The van der Waals surface area contributed by atoms with Crippen LogP contribution in [0.15, 0.2) is 84.0 Å². The van der Waals surface area contributed by atoms with Gasteiger partial charge in [0, 0.05) is 25.3 Å². The number of carbonyl (C=O) groups is 2. The molecule has 1 fully saturated rings. The molecule has 1 saturated heterocycles. The number of hydrogen-bond acceptors (Lipinski definition) is 4. The van der Waals surface area contributed by atoms with E-state index < -0.39 is 47.5 Å². The zero-order valence-electron chi connectivity index (χ0n) is 21.6. The van der Waals surface area contributed by atoms with Crippen molar-refractivity contribution >= 4 is 17.7 Å². The van der Waals surface area contributed by atoms with E-state index in [1.165, 1.54) is 11.8 Å². The lowest BCUT2D eigenvalue weighted by Gasteiger charge is -2.38. The van der Waals surface area contributed by atoms with Crippen LogP contribution >= 0.6 is 0 Å². The highest BCUT2D eigenvalue weighted by atomic mass is 19.1. The molecule has 0 bridgehead atoms. The van der Waals surface area contributed by atoms with Gasteiger partial charge in [0.15, 0.2) is 0 Å². The summed E-state index contributed by atoms with van der Waals surface area (Å²) in [4.78, 5) is 26.9. The Hall–Kier alpha value is -4.14. The highest BCUT2D eigenvalue weighted by Crippen LogP contribution is 2.44. The summed E-state index contributed by atoms with van der Waals surface area (Å²) in [5, 5.41) is 5.54. The molecule has 5 rings (SSSR count). The number of rotatable bonds is 7. The molecular weight excluding hydrogens is 507 g/mol. The van der Waals surface area contributed by atoms with Crippen molar-refractivity contribution in [2.45, 2.75) is 50.5 Å². The Morgan fingerprint density at radius 2 is 1.74 bits per heavy atom. The van der Waals surface area contributed by atoms with Gasteiger partial charge < -0.3 is 4.74 Å². The lowest BCUT2D eigenvalue weighted by Crippen LogP contribution is -2.47. The number of benzene rings is 3. The average Bonchev–Trinajstić information content (AvgIpc) is 3.45. The summed E-state index contributed by atoms with van der Waals surface area (Å²) in [7, 11) is 0. The highest BCUT2D eigenvalue weighted by Gasteiger charge is 2.49. The third kappa shape index (κ3) is 5.01. The van der Waals surface area contributed by atoms with Gasteiger partial charge in [-0.15, -0.1) is 0 Å². The van der Waals surface area contributed by atoms with Crippen LogP contribution < -0.4 is 0 Å². The predicted octanol–water partition coefficient (Wildman–Crippen LogP) is 6.13. The number of halogens is 3. The first-order valence-electron chi connectivity index (χ1n) is 12.7. The van der Waals surface area contributed by atoms with E-state index in [0.717, 1.165) is 28.8 Å². The molecule has 0 N–H and O–H groups in total. The molecule has 2 aliphatic heterocycles. The molecule has 3 aromatic rings. The fourth-order valence-corrected chi connectivity index (χ4v) is 5.57. The molecule has 1 unspecified atom stereocenters. The Balaban J connectivity index is 1.45. The van der Waals surface area contributed by atoms with Gasteiger partial charge >= 0.3 is 6.09 Å². The standard InChI is InChI=1S/C30H28F3N3O3/c1-19-28(21-9-5-3-6-10-21)39-29(38)35(19)18-24(32)16-30(22-11-7-4-8-12-22)17-27(34-36(30)20(2)37)25-15-23(31)13-14-26(25)33/h3-15,19,24,28H,16-18H2,1-2H3/t19-,24?,28-,30-/m0/s1. The van der Waals surface area contributed by atoms with Gasteiger partial charge in [0.05, 0.1) is 23.8 Å². The molecule has 0 spiro atoms. The normalized spacial score (nSPS) is 23.5. The maximum Gasteiger partial charge on any atom is 0.410 e. The summed E-state index contributed by atoms with van der Waals surface area (Å²) in [6.07, 6.45) is -3.03. The van der Waals surface area contributed by atoms with Crippen LogP contribution in [-0.4, -0.2) is 46.4 Å². The van der Waals surface area contributed by atoms with Crippen LogP contribution in [0.4, 0.5) is 18.0 Å². The van der Waals surface area contributed by atoms with Gasteiger partial charge in [-0.25, -0.2) is 23.0 Å². The number of hydrogen-bond donors (Lipinski definition) is 0. The minimum atomic E-state index is -1.59. The van der Waals surface area contributed by atoms with E-state index in [1.54, 1.807) is 37.3 Å². The molecular formula is C30H28F3N3O3. The fraction of sp³-hybridized carbons (Fsp3) is 0.300. The molecule has 4 atom stereocenters. The van der Waals surface area contributed by atoms with Crippen LogP contribution in [0, 0.1) is 11.6 Å². The molecule has 0 aromatic heterocycles. The lowest BCUT2D eigenvalue weighted by atomic mass is 9.79. The van der Waals surface area contributed by atoms with Crippen LogP contribution in [0.2, 0.25) is 0 Å². The molecule has 2 aliphatic rings. The van der Waals surface area contributed by atoms with Crippen molar-refractivity contribution in [3.63, 3.8) is 0 Å². The summed E-state index contributed by atoms with van der Waals surface area (Å²) in [6.45, 7) is 2.82. The number of alkyl halides is 1. The second-order valence-corrected chi connectivity index (χ2v) is 9.99. The van der Waals surface area contributed by atoms with E-state index >= 15 is 4.39 Å². The predicted molar refractivity (Wildman–Crippen MR) is 139 cm³/mol. The van der Waals surface area contributed by atoms with Crippen molar-refractivity contribution in [2.24, 2.45) is 5.10 Å². The van der Waals surface area contributed by atoms with Gasteiger partial charge in [0.1, 0.15) is 23.9 Å². The van der Waals surface area contributed by atoms with Crippen LogP contribution in [-0.2, 0) is 15.1 Å². The van der Waals surface area contributed by atoms with Gasteiger partial charge in [-0.1, -0.05) is 60.7 Å². The lowest BCUT2D eigenvalue weighted by molar-refractivity contribution is -0.135. The number of cyclic esters (lactones) is 1. The first-order chi connectivity index (χ1) is 18.7. The van der Waals surface area contributed by atoms with E-state index in [2.05, 4.69) is 5.10 Å². The Bertz CT molecular complexity index is 1400. The maximum atomic E-state index is 16.1. The molecule has 202 valence electrons. The van der Waals surface area contributed by atoms with Gasteiger partial charge in [0.2, 0.25) is 5.91 Å². The summed E-state index contributed by atoms with van der Waals surface area (Å²) < 4.78 is 50.4. The smallest absolute Gasteiger partial charge is 0.410 e. The zero-order valence-corrected chi connectivity index (χ0v) is 21.6. The van der Waals surface area contributed by atoms with Crippen LogP contribution in [0.1, 0.15) is 49.5 Å². The summed E-state index contributed by atoms with van der Waals surface area (Å²) in [6, 6.07) is 20.6. The number of ether oxygens (including phenoxy) is 1. The van der Waals surface area contributed by atoms with Gasteiger partial charge in [0.25, 0.3) is 0 Å². The van der Waals surface area contributed by atoms with E-state index in [4.69, 9.17) is 4.74 Å². The third-order valence-electron chi connectivity index (χ3n) is 7.41. The molecule has 0 aliphatic carbocycles. The Morgan fingerprint density at radius 3 is 2.41 bits per heavy atom. The molecule has 2 amide bonds. The quantitative estimate of drug-likeness (QED) is 0.366. The second kappa shape index (κ2) is 10.6. The molecule has 0 saturated carbocycles. The summed E-state index contributed by atoms with van der Waals surface area (Å²) >= 11 is 0. The van der Waals surface area contributed by atoms with Gasteiger partial charge in [-0.2, -0.15) is 5.10 Å². The first kappa shape index (κ1) is 26.5. The second-order valence-electron chi connectivity index (χ2n) is 9.99. The SMILES string of the molecule is CC(=O)N1N=C(c2cc(F)ccc2F)C[C@@]1(CC(F)CN1C(=O)O[C@H](c2ccccc2)[C@@H]1C)c1ccccc1. The topological polar surface area (TPSA) is 62.2 Å². The van der Waals surface area contributed by atoms with Crippen LogP contribution in [0.25, 0.3) is 0 Å². The fourth-order valence-electron chi connectivity index (χ4n) is 5.57. The molecule has 2 heterocycles. The Labute approximate surface area is 224 Å². The molecule has 39 heavy (non-hydrogen) atoms. The number of nitrogens with zero attached hydrogens (tertiary/aromatic N) is 3. The van der Waals surface area contributed by atoms with Crippen molar-refractivity contribution in [1.29, 1.82) is 0 Å². The highest BCUT2D eigenvalue weighted by molar-refractivity contribution is 6.04. The maximum absolute atomic E-state index is 16.1. The molecule has 9 heteroatoms. The van der Waals surface area contributed by atoms with Crippen LogP contribution in [0.3, 0.4) is 0 Å². The molecule has 0 radical (unpaired) electrons. The van der Waals surface area contributed by atoms with Crippen LogP contribution in [0.5, 0.6) is 0 Å². The largest absolute Gasteiger partial charge is 0.439 e. The van der Waals surface area contributed by atoms with Crippen molar-refractivity contribution < 1.29 is 27.5 Å². The average molecular weight is 536 g/mol. The number of hydrazone groups is 1. The van der Waals surface area contributed by atoms with Gasteiger partial charge in [-0.05, 0) is 36.2 Å². The van der Waals surface area contributed by atoms with Crippen molar-refractivity contribution in [2.75, 3.05) is 6.54 Å². The van der Waals surface area contributed by atoms with Crippen molar-refractivity contribution in [1.82, 2.24) is 9.91 Å². The molecule has 3 aromatic carbocycles. The summed E-state index contributed by atoms with van der Waals surface area (Å²) in [5.74, 6) is -1.82. The summed E-state index contributed by atoms with van der Waals surface area (Å²) in [5.41, 5.74) is 0.142. The van der Waals surface area contributed by atoms with Crippen molar-refractivity contribution in [3.05, 3.63) is 107 Å². The monoisotopic (exact) mass is 535 g/mol. The minimum Gasteiger partial charge on any atom is -0.439 e. The van der Waals surface area contributed by atoms with E-state index in [9.17, 15) is 18.4 Å². The molecule has 6 nitrogen and oxygen atoms in total. The minimum absolute atomic E-state index is 0.0377. The number of amides is 2. The van der Waals surface area contributed by atoms with Gasteiger partial charge in [-0.3, -0.25) is 9.69 Å². The van der Waals surface area contributed by atoms with E-state index in [0.29, 0.717) is 5.56 Å².